The van der Waals surface area contributed by atoms with Crippen LogP contribution in [0.5, 0.6) is 17.2 Å². The molecule has 11 heteroatoms. The minimum Gasteiger partial charge on any atom is -0.497 e. The molecule has 0 spiro atoms. The van der Waals surface area contributed by atoms with E-state index >= 15 is 0 Å². The maximum absolute atomic E-state index is 12.9. The standard InChI is InChI=1S/C30H28O6S.O3S/c1-20-5-6-22(19-28(20)37(32,33)34)29(31)21-7-13-26(14-8-21)36-27-17-11-24(12-18-27)30(2,3)23-9-15-25(35-4)16-10-23;1-4(2)3/h5-19H,1-4H3,(H,32,33,34);. The van der Waals surface area contributed by atoms with Gasteiger partial charge >= 0.3 is 10.6 Å². The van der Waals surface area contributed by atoms with Crippen molar-refractivity contribution in [3.63, 3.8) is 0 Å². The van der Waals surface area contributed by atoms with E-state index in [0.717, 1.165) is 11.3 Å². The molecule has 0 saturated heterocycles. The molecule has 0 saturated carbocycles. The van der Waals surface area contributed by atoms with Gasteiger partial charge in [0.15, 0.2) is 5.78 Å². The molecule has 0 aromatic heterocycles. The van der Waals surface area contributed by atoms with Gasteiger partial charge in [0.2, 0.25) is 0 Å². The molecule has 4 aromatic rings. The largest absolute Gasteiger partial charge is 0.497 e. The molecule has 0 aliphatic rings. The van der Waals surface area contributed by atoms with Crippen LogP contribution >= 0.6 is 0 Å². The Bertz CT molecular complexity index is 1740. The first-order valence-electron chi connectivity index (χ1n) is 12.1. The number of hydrogen-bond donors (Lipinski definition) is 1. The van der Waals surface area contributed by atoms with Crippen molar-refractivity contribution in [2.75, 3.05) is 7.11 Å². The average Bonchev–Trinajstić information content (AvgIpc) is 2.93. The molecule has 0 bridgehead atoms. The smallest absolute Gasteiger partial charge is 0.425 e. The van der Waals surface area contributed by atoms with Crippen LogP contribution in [-0.2, 0) is 26.1 Å². The van der Waals surface area contributed by atoms with E-state index in [4.69, 9.17) is 22.1 Å². The Labute approximate surface area is 240 Å². The molecule has 0 aliphatic heterocycles. The van der Waals surface area contributed by atoms with E-state index in [1.54, 1.807) is 38.3 Å². The van der Waals surface area contributed by atoms with Gasteiger partial charge in [-0.25, -0.2) is 0 Å². The lowest BCUT2D eigenvalue weighted by atomic mass is 9.78. The van der Waals surface area contributed by atoms with Crippen molar-refractivity contribution in [3.05, 3.63) is 119 Å². The fourth-order valence-corrected chi connectivity index (χ4v) is 4.86. The van der Waals surface area contributed by atoms with Crippen LogP contribution < -0.4 is 9.47 Å². The average molecular weight is 597 g/mol. The van der Waals surface area contributed by atoms with Crippen molar-refractivity contribution < 1.29 is 39.9 Å². The zero-order valence-corrected chi connectivity index (χ0v) is 24.3. The van der Waals surface area contributed by atoms with Gasteiger partial charge in [-0.05, 0) is 78.2 Å². The minimum atomic E-state index is -4.42. The first-order chi connectivity index (χ1) is 19.2. The predicted octanol–water partition coefficient (Wildman–Crippen LogP) is 5.60. The number of carbonyl (C=O) groups excluding carboxylic acids is 1. The van der Waals surface area contributed by atoms with Crippen LogP contribution in [-0.4, -0.2) is 38.5 Å². The highest BCUT2D eigenvalue weighted by molar-refractivity contribution is 7.85. The summed E-state index contributed by atoms with van der Waals surface area (Å²) in [4.78, 5) is 12.6. The highest BCUT2D eigenvalue weighted by atomic mass is 32.2. The third-order valence-corrected chi connectivity index (χ3v) is 7.46. The number of carbonyl (C=O) groups is 1. The summed E-state index contributed by atoms with van der Waals surface area (Å²) in [6, 6.07) is 26.7. The topological polar surface area (TPSA) is 141 Å². The van der Waals surface area contributed by atoms with E-state index in [2.05, 4.69) is 26.0 Å². The van der Waals surface area contributed by atoms with Gasteiger partial charge in [0.1, 0.15) is 17.2 Å². The van der Waals surface area contributed by atoms with Crippen LogP contribution in [0.2, 0.25) is 0 Å². The highest BCUT2D eigenvalue weighted by Gasteiger charge is 2.23. The van der Waals surface area contributed by atoms with Gasteiger partial charge in [0.25, 0.3) is 10.1 Å². The van der Waals surface area contributed by atoms with E-state index in [0.29, 0.717) is 22.6 Å². The van der Waals surface area contributed by atoms with Crippen LogP contribution in [0.3, 0.4) is 0 Å². The third kappa shape index (κ3) is 8.10. The van der Waals surface area contributed by atoms with Gasteiger partial charge in [-0.15, -0.1) is 12.6 Å². The second-order valence-corrected chi connectivity index (χ2v) is 11.3. The van der Waals surface area contributed by atoms with Gasteiger partial charge in [-0.3, -0.25) is 9.35 Å². The van der Waals surface area contributed by atoms with Crippen LogP contribution in [0.25, 0.3) is 0 Å². The Hall–Kier alpha value is -4.32. The van der Waals surface area contributed by atoms with Crippen LogP contribution in [0.4, 0.5) is 0 Å². The second kappa shape index (κ2) is 12.9. The SMILES string of the molecule is COc1ccc(C(C)(C)c2ccc(Oc3ccc(C(=O)c4ccc(C)c(S(=O)(=O)O)c4)cc3)cc2)cc1.O=S(=O)=O. The molecule has 0 unspecified atom stereocenters. The Morgan fingerprint density at radius 1 is 0.732 bits per heavy atom. The number of hydrogen-bond acceptors (Lipinski definition) is 8. The molecule has 41 heavy (non-hydrogen) atoms. The number of ketones is 1. The summed E-state index contributed by atoms with van der Waals surface area (Å²) in [7, 11) is -5.88. The summed E-state index contributed by atoms with van der Waals surface area (Å²) in [5.41, 5.74) is 2.99. The Morgan fingerprint density at radius 3 is 1.59 bits per heavy atom. The maximum Gasteiger partial charge on any atom is 0.425 e. The summed E-state index contributed by atoms with van der Waals surface area (Å²) < 4.78 is 69.1. The van der Waals surface area contributed by atoms with Crippen molar-refractivity contribution >= 4 is 26.5 Å². The van der Waals surface area contributed by atoms with Gasteiger partial charge < -0.3 is 9.47 Å². The monoisotopic (exact) mass is 596 g/mol. The lowest BCUT2D eigenvalue weighted by Gasteiger charge is -2.26. The van der Waals surface area contributed by atoms with Crippen LogP contribution in [0.15, 0.2) is 95.9 Å². The molecule has 0 aliphatic carbocycles. The van der Waals surface area contributed by atoms with E-state index in [1.807, 2.05) is 36.4 Å². The van der Waals surface area contributed by atoms with Crippen molar-refractivity contribution in [2.24, 2.45) is 0 Å². The third-order valence-electron chi connectivity index (χ3n) is 6.47. The van der Waals surface area contributed by atoms with Gasteiger partial charge in [-0.2, -0.15) is 8.42 Å². The quantitative estimate of drug-likeness (QED) is 0.203. The highest BCUT2D eigenvalue weighted by Crippen LogP contribution is 2.34. The van der Waals surface area contributed by atoms with Crippen molar-refractivity contribution in [1.82, 2.24) is 0 Å². The zero-order valence-electron chi connectivity index (χ0n) is 22.7. The summed E-state index contributed by atoms with van der Waals surface area (Å²) in [6.45, 7) is 5.87. The van der Waals surface area contributed by atoms with E-state index < -0.39 is 20.7 Å². The summed E-state index contributed by atoms with van der Waals surface area (Å²) >= 11 is 0. The molecule has 214 valence electrons. The first-order valence-corrected chi connectivity index (χ1v) is 14.6. The molecular formula is C30H28O9S2. The van der Waals surface area contributed by atoms with E-state index in [-0.39, 0.29) is 21.7 Å². The fourth-order valence-electron chi connectivity index (χ4n) is 4.11. The number of aryl methyl sites for hydroxylation is 1. The molecule has 0 heterocycles. The van der Waals surface area contributed by atoms with Crippen LogP contribution in [0, 0.1) is 6.92 Å². The Balaban J connectivity index is 0.00000108. The molecule has 4 aromatic carbocycles. The Kier molecular flexibility index (Phi) is 9.82. The summed E-state index contributed by atoms with van der Waals surface area (Å²) in [5, 5.41) is 0. The predicted molar refractivity (Wildman–Crippen MR) is 152 cm³/mol. The molecule has 0 atom stereocenters. The van der Waals surface area contributed by atoms with Crippen molar-refractivity contribution in [1.29, 1.82) is 0 Å². The lowest BCUT2D eigenvalue weighted by Crippen LogP contribution is -2.18. The zero-order chi connectivity index (χ0) is 30.4. The Morgan fingerprint density at radius 2 is 1.15 bits per heavy atom. The molecule has 0 fully saturated rings. The summed E-state index contributed by atoms with van der Waals surface area (Å²) in [6.07, 6.45) is 0. The number of methoxy groups -OCH3 is 1. The van der Waals surface area contributed by atoms with Crippen molar-refractivity contribution in [3.8, 4) is 17.2 Å². The summed E-state index contributed by atoms with van der Waals surface area (Å²) in [5.74, 6) is 1.67. The molecule has 1 N–H and O–H groups in total. The normalized spacial score (nSPS) is 11.1. The first kappa shape index (κ1) is 31.2. The molecule has 9 nitrogen and oxygen atoms in total. The lowest BCUT2D eigenvalue weighted by molar-refractivity contribution is 0.103. The van der Waals surface area contributed by atoms with Gasteiger partial charge in [0.05, 0.1) is 12.0 Å². The molecule has 0 amide bonds. The minimum absolute atomic E-state index is 0.168. The molecule has 0 radical (unpaired) electrons. The number of benzene rings is 4. The fraction of sp³-hybridized carbons (Fsp3) is 0.167. The number of ether oxygens (including phenoxy) is 2. The van der Waals surface area contributed by atoms with Crippen LogP contribution in [0.1, 0.15) is 46.5 Å². The molecular weight excluding hydrogens is 568 g/mol. The van der Waals surface area contributed by atoms with Gasteiger partial charge in [-0.1, -0.05) is 50.2 Å². The van der Waals surface area contributed by atoms with Crippen molar-refractivity contribution in [2.45, 2.75) is 31.1 Å². The van der Waals surface area contributed by atoms with E-state index in [9.17, 15) is 17.8 Å². The second-order valence-electron chi connectivity index (χ2n) is 9.49. The number of rotatable bonds is 8. The molecule has 4 rings (SSSR count). The van der Waals surface area contributed by atoms with Gasteiger partial charge in [0, 0.05) is 16.5 Å². The maximum atomic E-state index is 12.9. The van der Waals surface area contributed by atoms with E-state index in [1.165, 1.54) is 23.8 Å².